The van der Waals surface area contributed by atoms with Gasteiger partial charge in [0.25, 0.3) is 0 Å². The molecule has 1 aliphatic rings. The summed E-state index contributed by atoms with van der Waals surface area (Å²) in [6.45, 7) is 1.31. The zero-order valence-electron chi connectivity index (χ0n) is 12.8. The molecule has 0 radical (unpaired) electrons. The molecule has 1 aliphatic heterocycles. The van der Waals surface area contributed by atoms with E-state index < -0.39 is 0 Å². The fraction of sp³-hybridized carbons (Fsp3) is 0.333. The number of benzene rings is 1. The molecule has 0 aliphatic carbocycles. The Labute approximate surface area is 133 Å². The Morgan fingerprint density at radius 3 is 3.00 bits per heavy atom. The Kier molecular flexibility index (Phi) is 3.79. The fourth-order valence-corrected chi connectivity index (χ4v) is 3.14. The van der Waals surface area contributed by atoms with Gasteiger partial charge in [0.1, 0.15) is 23.3 Å². The second kappa shape index (κ2) is 6.08. The number of fused-ring (bicyclic) bond motifs is 1. The molecule has 23 heavy (non-hydrogen) atoms. The molecule has 1 saturated heterocycles. The minimum absolute atomic E-state index is 0.00786. The molecule has 4 rings (SSSR count). The average molecular weight is 311 g/mol. The lowest BCUT2D eigenvalue weighted by molar-refractivity contribution is 0.00783. The van der Waals surface area contributed by atoms with Gasteiger partial charge in [0.05, 0.1) is 6.54 Å². The van der Waals surface area contributed by atoms with Crippen molar-refractivity contribution in [2.24, 2.45) is 0 Å². The molecule has 0 bridgehead atoms. The summed E-state index contributed by atoms with van der Waals surface area (Å²) in [4.78, 5) is 9.20. The molecular weight excluding hydrogens is 293 g/mol. The number of nitrogens with zero attached hydrogens (tertiary/aromatic N) is 3. The van der Waals surface area contributed by atoms with Crippen molar-refractivity contribution in [1.82, 2.24) is 14.5 Å². The topological polar surface area (TPSA) is 39.9 Å². The summed E-state index contributed by atoms with van der Waals surface area (Å²) < 4.78 is 21.5. The van der Waals surface area contributed by atoms with Crippen molar-refractivity contribution in [1.29, 1.82) is 0 Å². The Morgan fingerprint density at radius 2 is 2.17 bits per heavy atom. The second-order valence-corrected chi connectivity index (χ2v) is 5.89. The zero-order chi connectivity index (χ0) is 15.6. The van der Waals surface area contributed by atoms with Gasteiger partial charge in [0.15, 0.2) is 5.65 Å². The van der Waals surface area contributed by atoms with Crippen LogP contribution in [-0.2, 0) is 11.3 Å². The van der Waals surface area contributed by atoms with Crippen LogP contribution in [0.4, 0.5) is 4.39 Å². The van der Waals surface area contributed by atoms with Crippen molar-refractivity contribution in [3.8, 4) is 0 Å². The van der Waals surface area contributed by atoms with Crippen LogP contribution in [0.25, 0.3) is 11.2 Å². The van der Waals surface area contributed by atoms with Crippen LogP contribution in [0.15, 0.2) is 42.6 Å². The van der Waals surface area contributed by atoms with Crippen LogP contribution < -0.4 is 0 Å². The minimum atomic E-state index is -0.227. The van der Waals surface area contributed by atoms with E-state index in [1.807, 2.05) is 18.2 Å². The summed E-state index contributed by atoms with van der Waals surface area (Å²) in [6, 6.07) is 10.5. The van der Waals surface area contributed by atoms with Gasteiger partial charge in [-0.1, -0.05) is 12.1 Å². The highest BCUT2D eigenvalue weighted by molar-refractivity contribution is 5.71. The molecule has 1 atom stereocenters. The third-order valence-corrected chi connectivity index (χ3v) is 4.23. The molecule has 0 spiro atoms. The number of pyridine rings is 1. The standard InChI is InChI=1S/C18H18FN3O/c19-14-6-3-5-13(11-14)12-22-17-15(7-4-9-20-17)21-18(22)16-8-1-2-10-23-16/h3-7,9,11,16H,1-2,8,10,12H2. The normalized spacial score (nSPS) is 18.4. The van der Waals surface area contributed by atoms with E-state index in [1.54, 1.807) is 18.3 Å². The van der Waals surface area contributed by atoms with Crippen LogP contribution in [0.2, 0.25) is 0 Å². The van der Waals surface area contributed by atoms with E-state index in [1.165, 1.54) is 6.07 Å². The maximum Gasteiger partial charge on any atom is 0.160 e. The van der Waals surface area contributed by atoms with Crippen LogP contribution in [0.1, 0.15) is 36.8 Å². The molecule has 4 nitrogen and oxygen atoms in total. The highest BCUT2D eigenvalue weighted by Crippen LogP contribution is 2.30. The van der Waals surface area contributed by atoms with E-state index in [0.717, 1.165) is 48.4 Å². The first-order chi connectivity index (χ1) is 11.3. The van der Waals surface area contributed by atoms with Gasteiger partial charge in [0.2, 0.25) is 0 Å². The molecule has 5 heteroatoms. The SMILES string of the molecule is Fc1cccc(Cn2c(C3CCCCO3)nc3cccnc32)c1. The Morgan fingerprint density at radius 1 is 1.22 bits per heavy atom. The molecule has 1 unspecified atom stereocenters. The van der Waals surface area contributed by atoms with Gasteiger partial charge in [-0.15, -0.1) is 0 Å². The summed E-state index contributed by atoms with van der Waals surface area (Å²) in [5.41, 5.74) is 2.57. The molecular formula is C18H18FN3O. The van der Waals surface area contributed by atoms with Crippen LogP contribution in [-0.4, -0.2) is 21.1 Å². The smallest absolute Gasteiger partial charge is 0.160 e. The lowest BCUT2D eigenvalue weighted by atomic mass is 10.1. The summed E-state index contributed by atoms with van der Waals surface area (Å²) in [7, 11) is 0. The van der Waals surface area contributed by atoms with E-state index in [2.05, 4.69) is 9.55 Å². The maximum atomic E-state index is 13.5. The lowest BCUT2D eigenvalue weighted by Crippen LogP contribution is -2.17. The summed E-state index contributed by atoms with van der Waals surface area (Å²) in [5.74, 6) is 0.665. The Hall–Kier alpha value is -2.27. The number of ether oxygens (including phenoxy) is 1. The van der Waals surface area contributed by atoms with Crippen molar-refractivity contribution in [3.05, 3.63) is 59.8 Å². The molecule has 3 aromatic rings. The number of imidazole rings is 1. The molecule has 0 N–H and O–H groups in total. The molecule has 118 valence electrons. The van der Waals surface area contributed by atoms with Crippen LogP contribution >= 0.6 is 0 Å². The number of halogens is 1. The predicted molar refractivity (Wildman–Crippen MR) is 85.6 cm³/mol. The average Bonchev–Trinajstić information content (AvgIpc) is 2.95. The molecule has 1 aromatic carbocycles. The number of hydrogen-bond donors (Lipinski definition) is 0. The first kappa shape index (κ1) is 14.3. The van der Waals surface area contributed by atoms with Gasteiger partial charge in [-0.2, -0.15) is 0 Å². The quantitative estimate of drug-likeness (QED) is 0.737. The first-order valence-electron chi connectivity index (χ1n) is 7.98. The van der Waals surface area contributed by atoms with Gasteiger partial charge in [-0.25, -0.2) is 14.4 Å². The number of hydrogen-bond acceptors (Lipinski definition) is 3. The first-order valence-corrected chi connectivity index (χ1v) is 7.98. The number of rotatable bonds is 3. The minimum Gasteiger partial charge on any atom is -0.370 e. The van der Waals surface area contributed by atoms with Gasteiger partial charge in [0, 0.05) is 12.8 Å². The Balaban J connectivity index is 1.79. The zero-order valence-corrected chi connectivity index (χ0v) is 12.8. The number of aromatic nitrogens is 3. The van der Waals surface area contributed by atoms with Gasteiger partial charge in [-0.3, -0.25) is 0 Å². The molecule has 0 amide bonds. The summed E-state index contributed by atoms with van der Waals surface area (Å²) in [6.07, 6.45) is 4.95. The van der Waals surface area contributed by atoms with Crippen molar-refractivity contribution in [3.63, 3.8) is 0 Å². The van der Waals surface area contributed by atoms with Crippen LogP contribution in [0.3, 0.4) is 0 Å². The van der Waals surface area contributed by atoms with E-state index in [4.69, 9.17) is 9.72 Å². The Bertz CT molecular complexity index is 824. The van der Waals surface area contributed by atoms with Crippen LogP contribution in [0.5, 0.6) is 0 Å². The third-order valence-electron chi connectivity index (χ3n) is 4.23. The largest absolute Gasteiger partial charge is 0.370 e. The van der Waals surface area contributed by atoms with Gasteiger partial charge >= 0.3 is 0 Å². The second-order valence-electron chi connectivity index (χ2n) is 5.89. The molecule has 1 fully saturated rings. The van der Waals surface area contributed by atoms with E-state index in [-0.39, 0.29) is 11.9 Å². The lowest BCUT2D eigenvalue weighted by Gasteiger charge is -2.23. The maximum absolute atomic E-state index is 13.5. The van der Waals surface area contributed by atoms with E-state index in [0.29, 0.717) is 6.54 Å². The summed E-state index contributed by atoms with van der Waals surface area (Å²) in [5, 5.41) is 0. The van der Waals surface area contributed by atoms with E-state index >= 15 is 0 Å². The van der Waals surface area contributed by atoms with Gasteiger partial charge in [-0.05, 0) is 49.1 Å². The van der Waals surface area contributed by atoms with Crippen molar-refractivity contribution in [2.45, 2.75) is 31.9 Å². The monoisotopic (exact) mass is 311 g/mol. The highest BCUT2D eigenvalue weighted by Gasteiger charge is 2.23. The highest BCUT2D eigenvalue weighted by atomic mass is 19.1. The van der Waals surface area contributed by atoms with Gasteiger partial charge < -0.3 is 9.30 Å². The van der Waals surface area contributed by atoms with Crippen molar-refractivity contribution >= 4 is 11.2 Å². The van der Waals surface area contributed by atoms with Crippen molar-refractivity contribution in [2.75, 3.05) is 6.61 Å². The summed E-state index contributed by atoms with van der Waals surface area (Å²) >= 11 is 0. The fourth-order valence-electron chi connectivity index (χ4n) is 3.14. The van der Waals surface area contributed by atoms with Crippen LogP contribution in [0, 0.1) is 5.82 Å². The molecule has 3 heterocycles. The molecule has 0 saturated carbocycles. The third kappa shape index (κ3) is 2.84. The predicted octanol–water partition coefficient (Wildman–Crippen LogP) is 3.86. The van der Waals surface area contributed by atoms with Crippen molar-refractivity contribution < 1.29 is 9.13 Å². The molecule has 2 aromatic heterocycles. The van der Waals surface area contributed by atoms with E-state index in [9.17, 15) is 4.39 Å².